The molecule has 0 saturated carbocycles. The summed E-state index contributed by atoms with van der Waals surface area (Å²) in [5.74, 6) is 0. The van der Waals surface area contributed by atoms with Crippen LogP contribution in [0.4, 0.5) is 0 Å². The molecule has 0 amide bonds. The fraction of sp³-hybridized carbons (Fsp3) is 1.00. The molecule has 0 bridgehead atoms. The largest absolute Gasteiger partial charge is 0.305 e. The van der Waals surface area contributed by atoms with Crippen molar-refractivity contribution in [2.24, 2.45) is 5.50 Å². The van der Waals surface area contributed by atoms with Gasteiger partial charge in [0.05, 0.1) is 0 Å². The van der Waals surface area contributed by atoms with Gasteiger partial charge in [-0.1, -0.05) is 31.6 Å². The number of hydrogen-bond acceptors (Lipinski definition) is 1. The molecule has 3 heteroatoms. The first-order chi connectivity index (χ1) is 3.77. The highest BCUT2D eigenvalue weighted by Gasteiger charge is 1.85. The molecule has 0 aromatic heterocycles. The second-order valence-corrected chi connectivity index (χ2v) is 4.93. The summed E-state index contributed by atoms with van der Waals surface area (Å²) in [5, 5.41) is 0. The lowest BCUT2D eigenvalue weighted by molar-refractivity contribution is 0.777. The van der Waals surface area contributed by atoms with Crippen LogP contribution in [0.5, 0.6) is 0 Å². The summed E-state index contributed by atoms with van der Waals surface area (Å²) >= 11 is 4.87. The maximum absolute atomic E-state index is 5.45. The van der Waals surface area contributed by atoms with E-state index in [0.29, 0.717) is 0 Å². The van der Waals surface area contributed by atoms with Gasteiger partial charge in [-0.2, -0.15) is 0 Å². The summed E-state index contributed by atoms with van der Waals surface area (Å²) in [6.45, 7) is 1.36. The smallest absolute Gasteiger partial charge is 0.00246 e. The summed E-state index contributed by atoms with van der Waals surface area (Å²) in [7, 11) is 0. The van der Waals surface area contributed by atoms with Crippen LogP contribution in [-0.4, -0.2) is 6.16 Å². The molecular formula is C5H14NPS. The standard InChI is InChI=1S/C5H14NPS/c1-2-3-4-5-7(6)8/h7H,2-5H2,1H3,(H2,6,8). The van der Waals surface area contributed by atoms with Gasteiger partial charge in [0.15, 0.2) is 0 Å². The monoisotopic (exact) mass is 151 g/mol. The van der Waals surface area contributed by atoms with Crippen molar-refractivity contribution >= 4 is 18.7 Å². The van der Waals surface area contributed by atoms with E-state index in [9.17, 15) is 0 Å². The van der Waals surface area contributed by atoms with E-state index in [1.54, 1.807) is 0 Å². The molecule has 0 rings (SSSR count). The van der Waals surface area contributed by atoms with Gasteiger partial charge in [-0.15, -0.1) is 0 Å². The van der Waals surface area contributed by atoms with Gasteiger partial charge < -0.3 is 5.50 Å². The van der Waals surface area contributed by atoms with E-state index in [4.69, 9.17) is 17.3 Å². The Morgan fingerprint density at radius 2 is 2.12 bits per heavy atom. The van der Waals surface area contributed by atoms with Gasteiger partial charge in [-0.3, -0.25) is 0 Å². The second kappa shape index (κ2) is 5.74. The minimum Gasteiger partial charge on any atom is -0.305 e. The number of unbranched alkanes of at least 4 members (excludes halogenated alkanes) is 2. The summed E-state index contributed by atoms with van der Waals surface area (Å²) < 4.78 is 0. The SMILES string of the molecule is CCCCC[PH](N)=S. The molecule has 0 fully saturated rings. The molecule has 1 unspecified atom stereocenters. The van der Waals surface area contributed by atoms with Gasteiger partial charge in [-0.25, -0.2) is 0 Å². The maximum Gasteiger partial charge on any atom is -0.00246 e. The van der Waals surface area contributed by atoms with Gasteiger partial charge in [0, 0.05) is 0 Å². The number of rotatable bonds is 4. The molecule has 0 aromatic rings. The topological polar surface area (TPSA) is 26.0 Å². The third-order valence-corrected chi connectivity index (χ3v) is 2.49. The zero-order valence-corrected chi connectivity index (χ0v) is 7.13. The lowest BCUT2D eigenvalue weighted by atomic mass is 10.3. The van der Waals surface area contributed by atoms with Crippen molar-refractivity contribution in [3.8, 4) is 0 Å². The minimum atomic E-state index is -0.824. The van der Waals surface area contributed by atoms with Crippen molar-refractivity contribution in [3.05, 3.63) is 0 Å². The Morgan fingerprint density at radius 1 is 1.50 bits per heavy atom. The van der Waals surface area contributed by atoms with Crippen LogP contribution in [0.1, 0.15) is 26.2 Å². The molecule has 0 saturated heterocycles. The molecule has 50 valence electrons. The first kappa shape index (κ1) is 8.61. The van der Waals surface area contributed by atoms with Crippen molar-refractivity contribution in [1.82, 2.24) is 0 Å². The van der Waals surface area contributed by atoms with Crippen molar-refractivity contribution < 1.29 is 0 Å². The first-order valence-corrected chi connectivity index (χ1v) is 5.97. The number of nitrogens with two attached hydrogens (primary N) is 1. The van der Waals surface area contributed by atoms with Crippen molar-refractivity contribution in [1.29, 1.82) is 0 Å². The van der Waals surface area contributed by atoms with E-state index in [0.717, 1.165) is 6.16 Å². The fourth-order valence-corrected chi connectivity index (χ4v) is 1.58. The average molecular weight is 151 g/mol. The molecule has 0 spiro atoms. The Balaban J connectivity index is 2.82. The summed E-state index contributed by atoms with van der Waals surface area (Å²) in [6.07, 6.45) is 4.91. The minimum absolute atomic E-state index is 0.824. The van der Waals surface area contributed by atoms with Crippen LogP contribution in [0.15, 0.2) is 0 Å². The molecule has 0 aliphatic carbocycles. The van der Waals surface area contributed by atoms with E-state index in [1.165, 1.54) is 19.3 Å². The normalized spacial score (nSPS) is 13.8. The Labute approximate surface area is 57.1 Å². The van der Waals surface area contributed by atoms with Crippen LogP contribution in [0.25, 0.3) is 0 Å². The Bertz CT molecular complexity index is 74.8. The molecular weight excluding hydrogens is 137 g/mol. The molecule has 1 atom stereocenters. The molecule has 1 nitrogen and oxygen atoms in total. The molecule has 0 radical (unpaired) electrons. The van der Waals surface area contributed by atoms with Crippen LogP contribution in [0, 0.1) is 0 Å². The zero-order chi connectivity index (χ0) is 6.41. The van der Waals surface area contributed by atoms with E-state index in [2.05, 4.69) is 6.92 Å². The zero-order valence-electron chi connectivity index (χ0n) is 5.31. The third-order valence-electron chi connectivity index (χ3n) is 1.03. The van der Waals surface area contributed by atoms with E-state index < -0.39 is 6.85 Å². The van der Waals surface area contributed by atoms with E-state index >= 15 is 0 Å². The molecule has 0 aliphatic heterocycles. The summed E-state index contributed by atoms with van der Waals surface area (Å²) in [4.78, 5) is 0. The molecule has 0 aromatic carbocycles. The Morgan fingerprint density at radius 3 is 2.50 bits per heavy atom. The molecule has 0 aliphatic rings. The quantitative estimate of drug-likeness (QED) is 0.489. The van der Waals surface area contributed by atoms with Crippen LogP contribution in [-0.2, 0) is 11.8 Å². The van der Waals surface area contributed by atoms with E-state index in [1.807, 2.05) is 0 Å². The lowest BCUT2D eigenvalue weighted by Crippen LogP contribution is -1.84. The van der Waals surface area contributed by atoms with Crippen LogP contribution >= 0.6 is 6.85 Å². The third kappa shape index (κ3) is 6.61. The fourth-order valence-electron chi connectivity index (χ4n) is 0.549. The Kier molecular flexibility index (Phi) is 6.18. The van der Waals surface area contributed by atoms with Crippen LogP contribution in [0.3, 0.4) is 0 Å². The lowest BCUT2D eigenvalue weighted by Gasteiger charge is -1.94. The van der Waals surface area contributed by atoms with E-state index in [-0.39, 0.29) is 0 Å². The van der Waals surface area contributed by atoms with Crippen molar-refractivity contribution in [2.75, 3.05) is 6.16 Å². The van der Waals surface area contributed by atoms with Crippen LogP contribution < -0.4 is 5.50 Å². The average Bonchev–Trinajstić information content (AvgIpc) is 1.66. The summed E-state index contributed by atoms with van der Waals surface area (Å²) in [5.41, 5.74) is 5.45. The second-order valence-electron chi connectivity index (χ2n) is 1.92. The Hall–Kier alpha value is 0.610. The maximum atomic E-state index is 5.45. The van der Waals surface area contributed by atoms with Gasteiger partial charge in [0.2, 0.25) is 0 Å². The van der Waals surface area contributed by atoms with Crippen LogP contribution in [0.2, 0.25) is 0 Å². The predicted octanol–water partition coefficient (Wildman–Crippen LogP) is 1.73. The molecule has 0 heterocycles. The summed E-state index contributed by atoms with van der Waals surface area (Å²) in [6, 6.07) is 0. The van der Waals surface area contributed by atoms with Gasteiger partial charge in [-0.05, 0) is 19.4 Å². The number of hydrogen-bond donors (Lipinski definition) is 1. The van der Waals surface area contributed by atoms with Gasteiger partial charge >= 0.3 is 0 Å². The highest BCUT2D eigenvalue weighted by molar-refractivity contribution is 8.04. The first-order valence-electron chi connectivity index (χ1n) is 3.05. The highest BCUT2D eigenvalue weighted by Crippen LogP contribution is 2.11. The highest BCUT2D eigenvalue weighted by atomic mass is 32.4. The molecule has 2 N–H and O–H groups in total. The molecule has 8 heavy (non-hydrogen) atoms. The predicted molar refractivity (Wildman–Crippen MR) is 44.3 cm³/mol. The van der Waals surface area contributed by atoms with Gasteiger partial charge in [0.1, 0.15) is 0 Å². The van der Waals surface area contributed by atoms with Crippen molar-refractivity contribution in [3.63, 3.8) is 0 Å². The van der Waals surface area contributed by atoms with Crippen molar-refractivity contribution in [2.45, 2.75) is 26.2 Å². The van der Waals surface area contributed by atoms with Gasteiger partial charge in [0.25, 0.3) is 0 Å².